The fourth-order valence-corrected chi connectivity index (χ4v) is 3.77. The highest BCUT2D eigenvalue weighted by atomic mass is 16.5. The van der Waals surface area contributed by atoms with Gasteiger partial charge in [0.1, 0.15) is 6.61 Å². The van der Waals surface area contributed by atoms with Crippen molar-refractivity contribution in [1.29, 1.82) is 0 Å². The Labute approximate surface area is 142 Å². The predicted octanol–water partition coefficient (Wildman–Crippen LogP) is 3.13. The molecule has 2 aromatic rings. The van der Waals surface area contributed by atoms with Crippen LogP contribution in [0.1, 0.15) is 23.5 Å². The first kappa shape index (κ1) is 15.2. The van der Waals surface area contributed by atoms with Crippen LogP contribution >= 0.6 is 0 Å². The van der Waals surface area contributed by atoms with Gasteiger partial charge in [-0.25, -0.2) is 4.79 Å². The standard InChI is InChI=1S/C20H22N2O2/c23-20(22-12-14-9-10-21-11-14)24-13-19-17-7-3-1-5-15(17)16-6-2-4-8-18(16)19/h1-8,14,19,21H,9-13H2,(H,22,23)/t14-/m1/s1. The minimum Gasteiger partial charge on any atom is -0.449 e. The van der Waals surface area contributed by atoms with Crippen LogP contribution in [0.3, 0.4) is 0 Å². The molecule has 1 heterocycles. The molecule has 24 heavy (non-hydrogen) atoms. The van der Waals surface area contributed by atoms with Crippen LogP contribution in [0, 0.1) is 5.92 Å². The van der Waals surface area contributed by atoms with E-state index in [1.165, 1.54) is 22.3 Å². The van der Waals surface area contributed by atoms with Crippen molar-refractivity contribution < 1.29 is 9.53 Å². The summed E-state index contributed by atoms with van der Waals surface area (Å²) in [6.45, 7) is 3.08. The molecule has 2 N–H and O–H groups in total. The largest absolute Gasteiger partial charge is 0.449 e. The fraction of sp³-hybridized carbons (Fsp3) is 0.350. The number of nitrogens with one attached hydrogen (secondary N) is 2. The second-order valence-corrected chi connectivity index (χ2v) is 6.57. The molecule has 4 nitrogen and oxygen atoms in total. The minimum atomic E-state index is -0.316. The van der Waals surface area contributed by atoms with Crippen molar-refractivity contribution in [3.05, 3.63) is 59.7 Å². The molecule has 1 atom stereocenters. The molecule has 0 aromatic heterocycles. The van der Waals surface area contributed by atoms with Crippen LogP contribution < -0.4 is 10.6 Å². The molecule has 2 aliphatic rings. The van der Waals surface area contributed by atoms with Crippen molar-refractivity contribution in [3.63, 3.8) is 0 Å². The Balaban J connectivity index is 1.42. The summed E-state index contributed by atoms with van der Waals surface area (Å²) in [6.07, 6.45) is 0.799. The molecule has 4 rings (SSSR count). The van der Waals surface area contributed by atoms with Crippen molar-refractivity contribution in [2.75, 3.05) is 26.2 Å². The van der Waals surface area contributed by atoms with Gasteiger partial charge in [0, 0.05) is 12.5 Å². The fourth-order valence-electron chi connectivity index (χ4n) is 3.77. The molecule has 0 bridgehead atoms. The molecule has 1 aliphatic heterocycles. The number of carbonyl (C=O) groups is 1. The van der Waals surface area contributed by atoms with E-state index < -0.39 is 0 Å². The zero-order valence-corrected chi connectivity index (χ0v) is 13.6. The maximum Gasteiger partial charge on any atom is 0.407 e. The molecule has 2 aromatic carbocycles. The van der Waals surface area contributed by atoms with Gasteiger partial charge >= 0.3 is 6.09 Å². The van der Waals surface area contributed by atoms with Crippen molar-refractivity contribution in [2.45, 2.75) is 12.3 Å². The first-order valence-electron chi connectivity index (χ1n) is 8.62. The van der Waals surface area contributed by atoms with Crippen LogP contribution in [0.25, 0.3) is 11.1 Å². The molecule has 1 aliphatic carbocycles. The van der Waals surface area contributed by atoms with E-state index in [1.807, 2.05) is 12.1 Å². The number of hydrogen-bond donors (Lipinski definition) is 2. The number of benzene rings is 2. The topological polar surface area (TPSA) is 50.4 Å². The van der Waals surface area contributed by atoms with Gasteiger partial charge in [0.15, 0.2) is 0 Å². The van der Waals surface area contributed by atoms with Gasteiger partial charge in [0.2, 0.25) is 0 Å². The third kappa shape index (κ3) is 2.89. The summed E-state index contributed by atoms with van der Waals surface area (Å²) >= 11 is 0. The SMILES string of the molecule is O=C(NC[C@@H]1CCNC1)OCC1c2ccccc2-c2ccccc21. The van der Waals surface area contributed by atoms with Gasteiger partial charge in [0.05, 0.1) is 0 Å². The van der Waals surface area contributed by atoms with E-state index >= 15 is 0 Å². The van der Waals surface area contributed by atoms with Gasteiger partial charge in [-0.15, -0.1) is 0 Å². The van der Waals surface area contributed by atoms with Crippen molar-refractivity contribution in [2.24, 2.45) is 5.92 Å². The summed E-state index contributed by atoms with van der Waals surface area (Å²) < 4.78 is 5.53. The third-order valence-corrected chi connectivity index (χ3v) is 5.04. The number of carbonyl (C=O) groups excluding carboxylic acids is 1. The van der Waals surface area contributed by atoms with Crippen molar-refractivity contribution in [1.82, 2.24) is 10.6 Å². The summed E-state index contributed by atoms with van der Waals surface area (Å²) in [5.74, 6) is 0.641. The first-order chi connectivity index (χ1) is 11.8. The number of ether oxygens (including phenoxy) is 1. The van der Waals surface area contributed by atoms with Crippen LogP contribution in [-0.4, -0.2) is 32.3 Å². The van der Waals surface area contributed by atoms with Gasteiger partial charge < -0.3 is 15.4 Å². The van der Waals surface area contributed by atoms with Crippen LogP contribution in [0.15, 0.2) is 48.5 Å². The first-order valence-corrected chi connectivity index (χ1v) is 8.62. The van der Waals surface area contributed by atoms with Crippen molar-refractivity contribution in [3.8, 4) is 11.1 Å². The molecule has 0 saturated carbocycles. The van der Waals surface area contributed by atoms with Gasteiger partial charge in [-0.05, 0) is 47.7 Å². The predicted molar refractivity (Wildman–Crippen MR) is 94.0 cm³/mol. The molecule has 0 unspecified atom stereocenters. The molecule has 0 radical (unpaired) electrons. The summed E-state index contributed by atoms with van der Waals surface area (Å²) in [4.78, 5) is 12.0. The van der Waals surface area contributed by atoms with E-state index in [2.05, 4.69) is 47.0 Å². The monoisotopic (exact) mass is 322 g/mol. The molecular formula is C20H22N2O2. The van der Waals surface area contributed by atoms with E-state index in [4.69, 9.17) is 4.74 Å². The Hall–Kier alpha value is -2.33. The Morgan fingerprint density at radius 3 is 2.38 bits per heavy atom. The highest BCUT2D eigenvalue weighted by Gasteiger charge is 2.29. The molecule has 1 amide bonds. The smallest absolute Gasteiger partial charge is 0.407 e. The Morgan fingerprint density at radius 2 is 1.75 bits per heavy atom. The number of rotatable bonds is 4. The lowest BCUT2D eigenvalue weighted by molar-refractivity contribution is 0.141. The minimum absolute atomic E-state index is 0.122. The molecular weight excluding hydrogens is 300 g/mol. The van der Waals surface area contributed by atoms with Gasteiger partial charge in [-0.3, -0.25) is 0 Å². The Bertz CT molecular complexity index is 692. The van der Waals surface area contributed by atoms with Crippen LogP contribution in [0.5, 0.6) is 0 Å². The lowest BCUT2D eigenvalue weighted by atomic mass is 9.98. The number of fused-ring (bicyclic) bond motifs is 3. The second kappa shape index (κ2) is 6.65. The summed E-state index contributed by atoms with van der Waals surface area (Å²) in [6, 6.07) is 16.7. The van der Waals surface area contributed by atoms with Crippen molar-refractivity contribution >= 4 is 6.09 Å². The van der Waals surface area contributed by atoms with Crippen LogP contribution in [-0.2, 0) is 4.74 Å². The average molecular weight is 322 g/mol. The molecule has 0 spiro atoms. The van der Waals surface area contributed by atoms with Gasteiger partial charge in [-0.2, -0.15) is 0 Å². The number of hydrogen-bond acceptors (Lipinski definition) is 3. The van der Waals surface area contributed by atoms with Crippen LogP contribution in [0.2, 0.25) is 0 Å². The lowest BCUT2D eigenvalue weighted by Gasteiger charge is -2.15. The van der Waals surface area contributed by atoms with Crippen LogP contribution in [0.4, 0.5) is 4.79 Å². The summed E-state index contributed by atoms with van der Waals surface area (Å²) in [7, 11) is 0. The second-order valence-electron chi connectivity index (χ2n) is 6.57. The van der Waals surface area contributed by atoms with E-state index in [0.29, 0.717) is 19.1 Å². The molecule has 124 valence electrons. The maximum absolute atomic E-state index is 12.0. The van der Waals surface area contributed by atoms with E-state index in [9.17, 15) is 4.79 Å². The van der Waals surface area contributed by atoms with E-state index in [0.717, 1.165) is 19.5 Å². The highest BCUT2D eigenvalue weighted by Crippen LogP contribution is 2.44. The quantitative estimate of drug-likeness (QED) is 0.909. The molecule has 1 saturated heterocycles. The highest BCUT2D eigenvalue weighted by molar-refractivity contribution is 5.79. The maximum atomic E-state index is 12.0. The molecule has 4 heteroatoms. The van der Waals surface area contributed by atoms with E-state index in [-0.39, 0.29) is 12.0 Å². The molecule has 1 fully saturated rings. The average Bonchev–Trinajstić information content (AvgIpc) is 3.25. The normalized spacial score (nSPS) is 18.9. The van der Waals surface area contributed by atoms with Gasteiger partial charge in [-0.1, -0.05) is 48.5 Å². The Kier molecular flexibility index (Phi) is 4.22. The number of alkyl carbamates (subject to hydrolysis) is 1. The summed E-state index contributed by atoms with van der Waals surface area (Å²) in [5, 5.41) is 6.20. The zero-order valence-electron chi connectivity index (χ0n) is 13.6. The lowest BCUT2D eigenvalue weighted by Crippen LogP contribution is -2.31. The van der Waals surface area contributed by atoms with Gasteiger partial charge in [0.25, 0.3) is 0 Å². The third-order valence-electron chi connectivity index (χ3n) is 5.04. The summed E-state index contributed by atoms with van der Waals surface area (Å²) in [5.41, 5.74) is 4.98. The number of amides is 1. The Morgan fingerprint density at radius 1 is 1.08 bits per heavy atom. The van der Waals surface area contributed by atoms with E-state index in [1.54, 1.807) is 0 Å². The zero-order chi connectivity index (χ0) is 16.4.